The van der Waals surface area contributed by atoms with Crippen molar-refractivity contribution in [2.75, 3.05) is 0 Å². The second-order valence-corrected chi connectivity index (χ2v) is 10.6. The summed E-state index contributed by atoms with van der Waals surface area (Å²) in [6.07, 6.45) is 0. The van der Waals surface area contributed by atoms with E-state index in [1.54, 1.807) is 0 Å². The van der Waals surface area contributed by atoms with Gasteiger partial charge in [-0.1, -0.05) is 0 Å². The molecule has 0 spiro atoms. The van der Waals surface area contributed by atoms with Gasteiger partial charge in [0.2, 0.25) is 0 Å². The van der Waals surface area contributed by atoms with E-state index in [4.69, 9.17) is 11.6 Å². The first kappa shape index (κ1) is 16.9. The molecule has 4 aromatic rings. The fourth-order valence-electron chi connectivity index (χ4n) is 2.62. The number of hydrogen-bond donors (Lipinski definition) is 0. The Morgan fingerprint density at radius 3 is 1.92 bits per heavy atom. The van der Waals surface area contributed by atoms with Gasteiger partial charge in [0.05, 0.1) is 0 Å². The van der Waals surface area contributed by atoms with Crippen LogP contribution in [0, 0.1) is 0 Å². The van der Waals surface area contributed by atoms with E-state index < -0.39 is 0 Å². The average molecular weight is 473 g/mol. The van der Waals surface area contributed by atoms with Crippen LogP contribution >= 0.6 is 11.6 Å². The summed E-state index contributed by atoms with van der Waals surface area (Å²) in [7, 11) is 0. The Labute approximate surface area is 165 Å². The molecule has 0 unspecified atom stereocenters. The third-order valence-corrected chi connectivity index (χ3v) is 9.53. The van der Waals surface area contributed by atoms with Crippen LogP contribution < -0.4 is 8.92 Å². The van der Waals surface area contributed by atoms with Gasteiger partial charge in [0.25, 0.3) is 0 Å². The van der Waals surface area contributed by atoms with Gasteiger partial charge < -0.3 is 0 Å². The van der Waals surface area contributed by atoms with Crippen molar-refractivity contribution >= 4 is 50.0 Å². The minimum absolute atomic E-state index is 0.286. The molecule has 0 saturated heterocycles. The summed E-state index contributed by atoms with van der Waals surface area (Å²) in [5, 5.41) is 0.799. The molecule has 0 aliphatic heterocycles. The molecule has 1 heterocycles. The van der Waals surface area contributed by atoms with E-state index >= 15 is 0 Å². The van der Waals surface area contributed by atoms with Gasteiger partial charge in [-0.25, -0.2) is 0 Å². The Morgan fingerprint density at radius 2 is 1.28 bits per heavy atom. The van der Waals surface area contributed by atoms with Crippen LogP contribution in [0.3, 0.4) is 0 Å². The van der Waals surface area contributed by atoms with Gasteiger partial charge in [-0.2, -0.15) is 0 Å². The SMILES string of the molecule is Clc1ccc([Se]c2cc(-c3ccccc3)[se]c2-c2ccccc2)cc1. The number of benzene rings is 3. The third kappa shape index (κ3) is 4.01. The zero-order valence-electron chi connectivity index (χ0n) is 13.4. The van der Waals surface area contributed by atoms with Crippen LogP contribution in [0.25, 0.3) is 20.0 Å². The molecule has 3 aromatic carbocycles. The Bertz CT molecular complexity index is 958. The topological polar surface area (TPSA) is 0 Å². The molecule has 0 bridgehead atoms. The molecule has 122 valence electrons. The van der Waals surface area contributed by atoms with E-state index in [1.165, 1.54) is 28.9 Å². The first-order valence-corrected chi connectivity index (χ1v) is 11.8. The molecule has 4 rings (SSSR count). The van der Waals surface area contributed by atoms with Crippen molar-refractivity contribution in [2.24, 2.45) is 0 Å². The molecule has 0 nitrogen and oxygen atoms in total. The monoisotopic (exact) mass is 474 g/mol. The number of rotatable bonds is 4. The zero-order chi connectivity index (χ0) is 17.1. The van der Waals surface area contributed by atoms with E-state index in [0.717, 1.165) is 5.02 Å². The molecule has 25 heavy (non-hydrogen) atoms. The molecule has 0 fully saturated rings. The van der Waals surface area contributed by atoms with Crippen LogP contribution in [-0.2, 0) is 0 Å². The van der Waals surface area contributed by atoms with Crippen molar-refractivity contribution in [3.05, 3.63) is 96.0 Å². The van der Waals surface area contributed by atoms with Crippen LogP contribution in [0.4, 0.5) is 0 Å². The van der Waals surface area contributed by atoms with Gasteiger partial charge in [0.1, 0.15) is 0 Å². The van der Waals surface area contributed by atoms with Gasteiger partial charge >= 0.3 is 166 Å². The second-order valence-electron chi connectivity index (χ2n) is 5.59. The third-order valence-electron chi connectivity index (χ3n) is 3.83. The number of hydrogen-bond acceptors (Lipinski definition) is 0. The fourth-order valence-corrected chi connectivity index (χ4v) is 8.18. The summed E-state index contributed by atoms with van der Waals surface area (Å²) >= 11 is 6.67. The average Bonchev–Trinajstić information content (AvgIpc) is 3.09. The summed E-state index contributed by atoms with van der Waals surface area (Å²) in [5.74, 6) is 0. The molecule has 0 radical (unpaired) electrons. The van der Waals surface area contributed by atoms with Gasteiger partial charge in [0, 0.05) is 0 Å². The normalized spacial score (nSPS) is 10.8. The summed E-state index contributed by atoms with van der Waals surface area (Å²) in [6, 6.07) is 32.3. The summed E-state index contributed by atoms with van der Waals surface area (Å²) in [5.41, 5.74) is 2.70. The van der Waals surface area contributed by atoms with E-state index in [2.05, 4.69) is 78.9 Å². The molecular weight excluding hydrogens is 458 g/mol. The van der Waals surface area contributed by atoms with Crippen LogP contribution in [0.2, 0.25) is 5.02 Å². The molecule has 0 aliphatic carbocycles. The van der Waals surface area contributed by atoms with Crippen LogP contribution in [-0.4, -0.2) is 29.5 Å². The van der Waals surface area contributed by atoms with Crippen molar-refractivity contribution in [3.8, 4) is 20.0 Å². The Hall–Kier alpha value is -1.53. The molecule has 3 heteroatoms. The van der Waals surface area contributed by atoms with Crippen molar-refractivity contribution in [3.63, 3.8) is 0 Å². The van der Waals surface area contributed by atoms with Crippen molar-refractivity contribution in [2.45, 2.75) is 0 Å². The van der Waals surface area contributed by atoms with Crippen molar-refractivity contribution < 1.29 is 0 Å². The van der Waals surface area contributed by atoms with E-state index in [0.29, 0.717) is 14.5 Å². The van der Waals surface area contributed by atoms with Gasteiger partial charge in [-0.15, -0.1) is 0 Å². The summed E-state index contributed by atoms with van der Waals surface area (Å²) in [4.78, 5) is 0. The van der Waals surface area contributed by atoms with Crippen molar-refractivity contribution in [1.82, 2.24) is 0 Å². The van der Waals surface area contributed by atoms with E-state index in [1.807, 2.05) is 12.1 Å². The van der Waals surface area contributed by atoms with E-state index in [-0.39, 0.29) is 15.0 Å². The van der Waals surface area contributed by atoms with Gasteiger partial charge in [-0.05, 0) is 0 Å². The first-order valence-electron chi connectivity index (χ1n) is 7.98. The van der Waals surface area contributed by atoms with Crippen molar-refractivity contribution in [1.29, 1.82) is 0 Å². The van der Waals surface area contributed by atoms with Crippen LogP contribution in [0.15, 0.2) is 91.0 Å². The number of halogens is 1. The summed E-state index contributed by atoms with van der Waals surface area (Å²) < 4.78 is 5.83. The zero-order valence-corrected chi connectivity index (χ0v) is 17.5. The maximum atomic E-state index is 6.04. The Balaban J connectivity index is 1.78. The van der Waals surface area contributed by atoms with E-state index in [9.17, 15) is 0 Å². The predicted molar refractivity (Wildman–Crippen MR) is 111 cm³/mol. The van der Waals surface area contributed by atoms with Crippen LogP contribution in [0.5, 0.6) is 0 Å². The predicted octanol–water partition coefficient (Wildman–Crippen LogP) is 4.39. The standard InChI is InChI=1S/C22H15ClSe2/c23-18-11-13-19(14-12-18)24-21-15-20(16-7-3-1-4-8-16)25-22(21)17-9-5-2-6-10-17/h1-15H. The molecule has 0 saturated carbocycles. The van der Waals surface area contributed by atoms with Crippen LogP contribution in [0.1, 0.15) is 0 Å². The molecule has 0 aliphatic rings. The molecule has 0 N–H and O–H groups in total. The minimum atomic E-state index is 0.286. The Morgan fingerprint density at radius 1 is 0.680 bits per heavy atom. The molecule has 0 atom stereocenters. The quantitative estimate of drug-likeness (QED) is 0.387. The molecule has 1 aromatic heterocycles. The maximum absolute atomic E-state index is 6.04. The first-order chi connectivity index (χ1) is 12.3. The van der Waals surface area contributed by atoms with Gasteiger partial charge in [-0.3, -0.25) is 0 Å². The molecule has 0 amide bonds. The fraction of sp³-hybridized carbons (Fsp3) is 0. The Kier molecular flexibility index (Phi) is 5.27. The second kappa shape index (κ2) is 7.79. The summed E-state index contributed by atoms with van der Waals surface area (Å²) in [6.45, 7) is 0. The molecular formula is C22H15ClSe2. The van der Waals surface area contributed by atoms with Gasteiger partial charge in [0.15, 0.2) is 0 Å².